The average molecular weight is 213 g/mol. The van der Waals surface area contributed by atoms with Crippen LogP contribution in [0.2, 0.25) is 0 Å². The number of carbonyl (C=O) groups excluding carboxylic acids is 1. The third-order valence-corrected chi connectivity index (χ3v) is 2.24. The van der Waals surface area contributed by atoms with Crippen LogP contribution in [0.15, 0.2) is 18.2 Å². The average Bonchev–Trinajstić information content (AvgIpc) is 2.16. The van der Waals surface area contributed by atoms with Crippen LogP contribution in [-0.4, -0.2) is 12.9 Å². The maximum absolute atomic E-state index is 10.9. The molecule has 14 heavy (non-hydrogen) atoms. The molecule has 0 fully saturated rings. The summed E-state index contributed by atoms with van der Waals surface area (Å²) in [7, 11) is 1.60. The Morgan fingerprint density at radius 3 is 2.71 bits per heavy atom. The molecule has 0 spiro atoms. The number of Topliss-reactive ketones (excluding diaryl/α,β-unsaturated/α-hetero) is 1. The Morgan fingerprint density at radius 2 is 2.21 bits per heavy atom. The largest absolute Gasteiger partial charge is 0.496 e. The predicted molar refractivity (Wildman–Crippen MR) is 56.9 cm³/mol. The summed E-state index contributed by atoms with van der Waals surface area (Å²) in [4.78, 5) is 10.9. The van der Waals surface area contributed by atoms with Crippen LogP contribution in [0.1, 0.15) is 18.1 Å². The molecule has 0 N–H and O–H groups in total. The first-order chi connectivity index (χ1) is 6.67. The van der Waals surface area contributed by atoms with Gasteiger partial charge in [-0.25, -0.2) is 0 Å². The molecule has 0 unspecified atom stereocenters. The minimum absolute atomic E-state index is 0.144. The third kappa shape index (κ3) is 2.74. The van der Waals surface area contributed by atoms with E-state index in [0.717, 1.165) is 16.9 Å². The van der Waals surface area contributed by atoms with Crippen molar-refractivity contribution in [3.05, 3.63) is 29.3 Å². The van der Waals surface area contributed by atoms with E-state index in [0.29, 0.717) is 12.3 Å². The van der Waals surface area contributed by atoms with Crippen LogP contribution in [0.4, 0.5) is 0 Å². The lowest BCUT2D eigenvalue weighted by atomic mass is 10.1. The lowest BCUT2D eigenvalue weighted by molar-refractivity contribution is -0.116. The summed E-state index contributed by atoms with van der Waals surface area (Å²) in [5.41, 5.74) is 1.91. The monoisotopic (exact) mass is 212 g/mol. The summed E-state index contributed by atoms with van der Waals surface area (Å²) in [6.45, 7) is 1.57. The van der Waals surface area contributed by atoms with Crippen LogP contribution < -0.4 is 4.74 Å². The highest BCUT2D eigenvalue weighted by Gasteiger charge is 2.04. The van der Waals surface area contributed by atoms with E-state index in [9.17, 15) is 4.79 Å². The van der Waals surface area contributed by atoms with E-state index in [2.05, 4.69) is 0 Å². The molecule has 3 heteroatoms. The van der Waals surface area contributed by atoms with Crippen molar-refractivity contribution < 1.29 is 9.53 Å². The topological polar surface area (TPSA) is 26.3 Å². The van der Waals surface area contributed by atoms with Gasteiger partial charge in [0.25, 0.3) is 0 Å². The molecule has 2 nitrogen and oxygen atoms in total. The van der Waals surface area contributed by atoms with Gasteiger partial charge in [0.05, 0.1) is 13.0 Å². The smallest absolute Gasteiger partial charge is 0.134 e. The quantitative estimate of drug-likeness (QED) is 0.718. The minimum Gasteiger partial charge on any atom is -0.496 e. The highest BCUT2D eigenvalue weighted by atomic mass is 35.5. The van der Waals surface area contributed by atoms with Crippen LogP contribution in [0.3, 0.4) is 0 Å². The Bertz CT molecular complexity index is 334. The molecule has 1 rings (SSSR count). The number of ketones is 1. The molecule has 0 bridgehead atoms. The number of rotatable bonds is 4. The number of halogens is 1. The summed E-state index contributed by atoms with van der Waals surface area (Å²) in [6, 6.07) is 5.66. The van der Waals surface area contributed by atoms with Gasteiger partial charge in [0.1, 0.15) is 11.5 Å². The van der Waals surface area contributed by atoms with Gasteiger partial charge in [0.15, 0.2) is 0 Å². The Morgan fingerprint density at radius 1 is 1.50 bits per heavy atom. The van der Waals surface area contributed by atoms with Crippen molar-refractivity contribution >= 4 is 17.4 Å². The molecule has 0 saturated carbocycles. The van der Waals surface area contributed by atoms with Crippen molar-refractivity contribution in [2.45, 2.75) is 19.2 Å². The number of hydrogen-bond acceptors (Lipinski definition) is 2. The van der Waals surface area contributed by atoms with E-state index in [1.54, 1.807) is 14.0 Å². The fraction of sp³-hybridized carbons (Fsp3) is 0.364. The lowest BCUT2D eigenvalue weighted by Gasteiger charge is -2.07. The van der Waals surface area contributed by atoms with E-state index in [1.165, 1.54) is 0 Å². The normalized spacial score (nSPS) is 9.93. The molecular formula is C11H13ClO2. The minimum atomic E-state index is 0.144. The molecule has 0 aliphatic carbocycles. The fourth-order valence-electron chi connectivity index (χ4n) is 1.30. The highest BCUT2D eigenvalue weighted by Crippen LogP contribution is 2.22. The van der Waals surface area contributed by atoms with Crippen LogP contribution in [0.5, 0.6) is 5.75 Å². The standard InChI is InChI=1S/C11H13ClO2/c1-8(13)5-9-3-4-10(7-12)11(6-9)14-2/h3-4,6H,5,7H2,1-2H3. The van der Waals surface area contributed by atoms with Crippen molar-refractivity contribution in [2.75, 3.05) is 7.11 Å². The van der Waals surface area contributed by atoms with E-state index in [-0.39, 0.29) is 5.78 Å². The maximum atomic E-state index is 10.9. The summed E-state index contributed by atoms with van der Waals surface area (Å²) in [5, 5.41) is 0. The molecule has 0 heterocycles. The van der Waals surface area contributed by atoms with Gasteiger partial charge in [-0.2, -0.15) is 0 Å². The van der Waals surface area contributed by atoms with E-state index >= 15 is 0 Å². The Kier molecular flexibility index (Phi) is 3.96. The Labute approximate surface area is 88.8 Å². The zero-order valence-corrected chi connectivity index (χ0v) is 9.10. The van der Waals surface area contributed by atoms with Gasteiger partial charge < -0.3 is 4.74 Å². The van der Waals surface area contributed by atoms with Gasteiger partial charge >= 0.3 is 0 Å². The number of alkyl halides is 1. The van der Waals surface area contributed by atoms with Crippen LogP contribution in [0, 0.1) is 0 Å². The summed E-state index contributed by atoms with van der Waals surface area (Å²) in [6.07, 6.45) is 0.443. The van der Waals surface area contributed by atoms with Crippen molar-refractivity contribution in [1.29, 1.82) is 0 Å². The van der Waals surface area contributed by atoms with E-state index in [1.807, 2.05) is 18.2 Å². The molecule has 0 radical (unpaired) electrons. The molecule has 0 aromatic heterocycles. The lowest BCUT2D eigenvalue weighted by Crippen LogP contribution is -1.98. The van der Waals surface area contributed by atoms with Crippen molar-refractivity contribution in [2.24, 2.45) is 0 Å². The van der Waals surface area contributed by atoms with Gasteiger partial charge in [0, 0.05) is 12.0 Å². The van der Waals surface area contributed by atoms with Gasteiger partial charge in [-0.1, -0.05) is 12.1 Å². The Balaban J connectivity index is 2.95. The van der Waals surface area contributed by atoms with Crippen LogP contribution in [-0.2, 0) is 17.1 Å². The molecule has 1 aromatic rings. The second-order valence-electron chi connectivity index (χ2n) is 3.16. The van der Waals surface area contributed by atoms with Crippen LogP contribution in [0.25, 0.3) is 0 Å². The van der Waals surface area contributed by atoms with Gasteiger partial charge in [-0.05, 0) is 18.6 Å². The first kappa shape index (κ1) is 11.1. The molecule has 0 aliphatic rings. The molecule has 1 aromatic carbocycles. The zero-order valence-electron chi connectivity index (χ0n) is 8.34. The first-order valence-corrected chi connectivity index (χ1v) is 4.92. The molecular weight excluding hydrogens is 200 g/mol. The molecule has 0 amide bonds. The van der Waals surface area contributed by atoms with E-state index < -0.39 is 0 Å². The first-order valence-electron chi connectivity index (χ1n) is 4.38. The van der Waals surface area contributed by atoms with Crippen molar-refractivity contribution in [3.63, 3.8) is 0 Å². The van der Waals surface area contributed by atoms with Crippen molar-refractivity contribution in [3.8, 4) is 5.75 Å². The SMILES string of the molecule is COc1cc(CC(C)=O)ccc1CCl. The number of hydrogen-bond donors (Lipinski definition) is 0. The predicted octanol–water partition coefficient (Wildman–Crippen LogP) is 2.57. The van der Waals surface area contributed by atoms with Gasteiger partial charge in [0.2, 0.25) is 0 Å². The number of benzene rings is 1. The summed E-state index contributed by atoms with van der Waals surface area (Å²) < 4.78 is 5.16. The second kappa shape index (κ2) is 5.01. The number of ether oxygens (including phenoxy) is 1. The molecule has 76 valence electrons. The Hall–Kier alpha value is -1.02. The van der Waals surface area contributed by atoms with Crippen molar-refractivity contribution in [1.82, 2.24) is 0 Å². The van der Waals surface area contributed by atoms with Gasteiger partial charge in [-0.15, -0.1) is 11.6 Å². The third-order valence-electron chi connectivity index (χ3n) is 1.95. The summed E-state index contributed by atoms with van der Waals surface area (Å²) in [5.74, 6) is 1.31. The van der Waals surface area contributed by atoms with E-state index in [4.69, 9.17) is 16.3 Å². The molecule has 0 saturated heterocycles. The molecule has 0 aliphatic heterocycles. The number of carbonyl (C=O) groups is 1. The summed E-state index contributed by atoms with van der Waals surface area (Å²) >= 11 is 5.72. The fourth-order valence-corrected chi connectivity index (χ4v) is 1.52. The van der Waals surface area contributed by atoms with Gasteiger partial charge in [-0.3, -0.25) is 4.79 Å². The highest BCUT2D eigenvalue weighted by molar-refractivity contribution is 6.17. The number of methoxy groups -OCH3 is 1. The molecule has 0 atom stereocenters. The van der Waals surface area contributed by atoms with Crippen LogP contribution >= 0.6 is 11.6 Å². The maximum Gasteiger partial charge on any atom is 0.134 e. The zero-order chi connectivity index (χ0) is 10.6. The second-order valence-corrected chi connectivity index (χ2v) is 3.43.